The smallest absolute Gasteiger partial charge is 0.253 e. The third kappa shape index (κ3) is 3.00. The topological polar surface area (TPSA) is 80.5 Å². The predicted octanol–water partition coefficient (Wildman–Crippen LogP) is 2.37. The Hall–Kier alpha value is -0.630. The third-order valence-electron chi connectivity index (χ3n) is 3.49. The summed E-state index contributed by atoms with van der Waals surface area (Å²) in [7, 11) is -2.24. The zero-order valence-corrected chi connectivity index (χ0v) is 13.9. The SMILES string of the molecule is CN(C(=O)c1cc(Cl)c(Br)c(S(N)(=O)=O)c1)C1CCC1. The summed E-state index contributed by atoms with van der Waals surface area (Å²) >= 11 is 9.04. The highest BCUT2D eigenvalue weighted by atomic mass is 79.9. The van der Waals surface area contributed by atoms with Crippen LogP contribution in [0.4, 0.5) is 0 Å². The molecule has 0 spiro atoms. The Morgan fingerprint density at radius 1 is 1.45 bits per heavy atom. The van der Waals surface area contributed by atoms with Gasteiger partial charge < -0.3 is 4.90 Å². The monoisotopic (exact) mass is 380 g/mol. The Bertz CT molecular complexity index is 659. The van der Waals surface area contributed by atoms with Crippen LogP contribution in [0.2, 0.25) is 5.02 Å². The van der Waals surface area contributed by atoms with E-state index in [2.05, 4.69) is 15.9 Å². The molecule has 1 aromatic carbocycles. The Kier molecular flexibility index (Phi) is 4.44. The molecule has 0 saturated heterocycles. The largest absolute Gasteiger partial charge is 0.339 e. The van der Waals surface area contributed by atoms with Crippen molar-refractivity contribution in [3.8, 4) is 0 Å². The van der Waals surface area contributed by atoms with Crippen LogP contribution < -0.4 is 5.14 Å². The van der Waals surface area contributed by atoms with Crippen LogP contribution in [0.5, 0.6) is 0 Å². The molecule has 0 aliphatic heterocycles. The Morgan fingerprint density at radius 2 is 2.05 bits per heavy atom. The van der Waals surface area contributed by atoms with E-state index in [4.69, 9.17) is 16.7 Å². The quantitative estimate of drug-likeness (QED) is 0.873. The van der Waals surface area contributed by atoms with Gasteiger partial charge in [-0.2, -0.15) is 0 Å². The number of halogens is 2. The predicted molar refractivity (Wildman–Crippen MR) is 80.3 cm³/mol. The average molecular weight is 382 g/mol. The molecule has 0 bridgehead atoms. The molecule has 0 unspecified atom stereocenters. The van der Waals surface area contributed by atoms with E-state index in [-0.39, 0.29) is 31.9 Å². The number of nitrogens with two attached hydrogens (primary N) is 1. The summed E-state index contributed by atoms with van der Waals surface area (Å²) in [6.45, 7) is 0. The van der Waals surface area contributed by atoms with E-state index in [0.29, 0.717) is 0 Å². The van der Waals surface area contributed by atoms with Crippen LogP contribution in [0.25, 0.3) is 0 Å². The summed E-state index contributed by atoms with van der Waals surface area (Å²) in [4.78, 5) is 13.8. The molecule has 1 aliphatic carbocycles. The van der Waals surface area contributed by atoms with Crippen molar-refractivity contribution in [2.75, 3.05) is 7.05 Å². The molecule has 8 heteroatoms. The molecule has 110 valence electrons. The van der Waals surface area contributed by atoms with Gasteiger partial charge in [0.15, 0.2) is 0 Å². The number of carbonyl (C=O) groups excluding carboxylic acids is 1. The second-order valence-electron chi connectivity index (χ2n) is 4.82. The van der Waals surface area contributed by atoms with E-state index in [1.165, 1.54) is 12.1 Å². The standard InChI is InChI=1S/C12H14BrClN2O3S/c1-16(8-3-2-4-8)12(17)7-5-9(14)11(13)10(6-7)20(15,18)19/h5-6,8H,2-4H2,1H3,(H2,15,18,19). The highest BCUT2D eigenvalue weighted by Crippen LogP contribution is 2.32. The van der Waals surface area contributed by atoms with E-state index in [1.54, 1.807) is 11.9 Å². The van der Waals surface area contributed by atoms with Gasteiger partial charge in [-0.1, -0.05) is 11.6 Å². The maximum Gasteiger partial charge on any atom is 0.253 e. The van der Waals surface area contributed by atoms with Crippen molar-refractivity contribution in [3.63, 3.8) is 0 Å². The van der Waals surface area contributed by atoms with Crippen LogP contribution in [0, 0.1) is 0 Å². The van der Waals surface area contributed by atoms with Crippen molar-refractivity contribution < 1.29 is 13.2 Å². The molecule has 0 heterocycles. The summed E-state index contributed by atoms with van der Waals surface area (Å²) in [5, 5.41) is 5.27. The number of hydrogen-bond acceptors (Lipinski definition) is 3. The van der Waals surface area contributed by atoms with Crippen LogP contribution in [0.3, 0.4) is 0 Å². The third-order valence-corrected chi connectivity index (χ3v) is 6.07. The number of hydrogen-bond donors (Lipinski definition) is 1. The Morgan fingerprint density at radius 3 is 2.50 bits per heavy atom. The number of sulfonamides is 1. The lowest BCUT2D eigenvalue weighted by molar-refractivity contribution is 0.0651. The number of benzene rings is 1. The molecule has 20 heavy (non-hydrogen) atoms. The number of carbonyl (C=O) groups is 1. The number of nitrogens with zero attached hydrogens (tertiary/aromatic N) is 1. The van der Waals surface area contributed by atoms with Crippen LogP contribution in [0.15, 0.2) is 21.5 Å². The van der Waals surface area contributed by atoms with Crippen molar-refractivity contribution in [1.29, 1.82) is 0 Å². The van der Waals surface area contributed by atoms with Gasteiger partial charge in [-0.3, -0.25) is 4.79 Å². The van der Waals surface area contributed by atoms with Crippen molar-refractivity contribution >= 4 is 43.5 Å². The van der Waals surface area contributed by atoms with Crippen molar-refractivity contribution in [2.45, 2.75) is 30.2 Å². The summed E-state index contributed by atoms with van der Waals surface area (Å²) in [5.41, 5.74) is 0.219. The molecule has 2 N–H and O–H groups in total. The second kappa shape index (κ2) is 5.63. The van der Waals surface area contributed by atoms with Crippen molar-refractivity contribution in [3.05, 3.63) is 27.2 Å². The molecule has 0 atom stereocenters. The minimum atomic E-state index is -3.95. The minimum absolute atomic E-state index is 0.141. The highest BCUT2D eigenvalue weighted by Gasteiger charge is 2.28. The maximum absolute atomic E-state index is 12.3. The first-order valence-electron chi connectivity index (χ1n) is 6.01. The highest BCUT2D eigenvalue weighted by molar-refractivity contribution is 9.10. The summed E-state index contributed by atoms with van der Waals surface area (Å²) < 4.78 is 23.2. The van der Waals surface area contributed by atoms with Gasteiger partial charge in [-0.05, 0) is 47.3 Å². The first-order valence-corrected chi connectivity index (χ1v) is 8.72. The van der Waals surface area contributed by atoms with E-state index < -0.39 is 10.0 Å². The fourth-order valence-corrected chi connectivity index (χ4v) is 3.87. The molecule has 1 amide bonds. The molecule has 0 radical (unpaired) electrons. The van der Waals surface area contributed by atoms with Gasteiger partial charge in [0.25, 0.3) is 5.91 Å². The normalized spacial score (nSPS) is 15.8. The lowest BCUT2D eigenvalue weighted by atomic mass is 9.91. The van der Waals surface area contributed by atoms with Crippen LogP contribution >= 0.6 is 27.5 Å². The zero-order chi connectivity index (χ0) is 15.1. The van der Waals surface area contributed by atoms with E-state index in [9.17, 15) is 13.2 Å². The van der Waals surface area contributed by atoms with Crippen molar-refractivity contribution in [2.24, 2.45) is 5.14 Å². The molecular weight excluding hydrogens is 368 g/mol. The summed E-state index contributed by atoms with van der Waals surface area (Å²) in [5.74, 6) is -0.256. The van der Waals surface area contributed by atoms with Crippen molar-refractivity contribution in [1.82, 2.24) is 4.90 Å². The lowest BCUT2D eigenvalue weighted by Gasteiger charge is -2.34. The van der Waals surface area contributed by atoms with Gasteiger partial charge in [0.2, 0.25) is 10.0 Å². The number of primary sulfonamides is 1. The maximum atomic E-state index is 12.3. The molecule has 1 aliphatic rings. The molecule has 1 aromatic rings. The Balaban J connectivity index is 2.42. The van der Waals surface area contributed by atoms with Gasteiger partial charge in [0, 0.05) is 18.7 Å². The van der Waals surface area contributed by atoms with Gasteiger partial charge in [0.1, 0.15) is 0 Å². The Labute approximate surface area is 131 Å². The first-order chi connectivity index (χ1) is 9.21. The van der Waals surface area contributed by atoms with Gasteiger partial charge in [-0.15, -0.1) is 0 Å². The second-order valence-corrected chi connectivity index (χ2v) is 7.55. The first kappa shape index (κ1) is 15.8. The fourth-order valence-electron chi connectivity index (χ4n) is 2.04. The molecule has 1 saturated carbocycles. The van der Waals surface area contributed by atoms with Gasteiger partial charge in [0.05, 0.1) is 14.4 Å². The summed E-state index contributed by atoms with van der Waals surface area (Å²) in [6.07, 6.45) is 3.04. The molecule has 1 fully saturated rings. The molecule has 0 aromatic heterocycles. The molecule has 5 nitrogen and oxygen atoms in total. The summed E-state index contributed by atoms with van der Waals surface area (Å²) in [6, 6.07) is 2.91. The zero-order valence-electron chi connectivity index (χ0n) is 10.8. The van der Waals surface area contributed by atoms with Crippen LogP contribution in [-0.2, 0) is 10.0 Å². The lowest BCUT2D eigenvalue weighted by Crippen LogP contribution is -2.41. The molecular formula is C12H14BrClN2O3S. The minimum Gasteiger partial charge on any atom is -0.339 e. The number of rotatable bonds is 3. The van der Waals surface area contributed by atoms with Crippen LogP contribution in [-0.4, -0.2) is 32.3 Å². The fraction of sp³-hybridized carbons (Fsp3) is 0.417. The average Bonchev–Trinajstić information content (AvgIpc) is 2.27. The van der Waals surface area contributed by atoms with Crippen LogP contribution in [0.1, 0.15) is 29.6 Å². The van der Waals surface area contributed by atoms with E-state index >= 15 is 0 Å². The number of amides is 1. The molecule has 2 rings (SSSR count). The van der Waals surface area contributed by atoms with E-state index in [0.717, 1.165) is 19.3 Å². The van der Waals surface area contributed by atoms with Gasteiger partial charge >= 0.3 is 0 Å². The van der Waals surface area contributed by atoms with Gasteiger partial charge in [-0.25, -0.2) is 13.6 Å². The van der Waals surface area contributed by atoms with E-state index in [1.807, 2.05) is 0 Å².